The number of nitrogens with zero attached hydrogens (tertiary/aromatic N) is 1. The lowest BCUT2D eigenvalue weighted by atomic mass is 10.2. The standard InChI is InChI=1S/C12H18N2O2/c1-4-5-11(13)12(15)14(3)8-10-7-6-9(2)16-10/h4,6-7,11H,1,5,8,13H2,2-3H3. The van der Waals surface area contributed by atoms with Crippen LogP contribution >= 0.6 is 0 Å². The lowest BCUT2D eigenvalue weighted by molar-refractivity contribution is -0.131. The Morgan fingerprint density at radius 2 is 2.38 bits per heavy atom. The zero-order valence-corrected chi connectivity index (χ0v) is 9.77. The van der Waals surface area contributed by atoms with Gasteiger partial charge in [-0.2, -0.15) is 0 Å². The summed E-state index contributed by atoms with van der Waals surface area (Å²) in [6.07, 6.45) is 2.13. The van der Waals surface area contributed by atoms with Crippen molar-refractivity contribution in [2.75, 3.05) is 7.05 Å². The van der Waals surface area contributed by atoms with Gasteiger partial charge in [0.25, 0.3) is 0 Å². The summed E-state index contributed by atoms with van der Waals surface area (Å²) in [5.41, 5.74) is 5.69. The van der Waals surface area contributed by atoms with Gasteiger partial charge in [-0.1, -0.05) is 6.08 Å². The van der Waals surface area contributed by atoms with Crippen LogP contribution in [-0.2, 0) is 11.3 Å². The third kappa shape index (κ3) is 3.24. The van der Waals surface area contributed by atoms with Gasteiger partial charge in [0.1, 0.15) is 11.5 Å². The number of likely N-dealkylation sites (N-methyl/N-ethyl adjacent to an activating group) is 1. The van der Waals surface area contributed by atoms with Crippen LogP contribution in [0.15, 0.2) is 29.2 Å². The number of furan rings is 1. The van der Waals surface area contributed by atoms with E-state index in [2.05, 4.69) is 6.58 Å². The van der Waals surface area contributed by atoms with Crippen LogP contribution in [0.5, 0.6) is 0 Å². The van der Waals surface area contributed by atoms with Crippen LogP contribution in [0.2, 0.25) is 0 Å². The van der Waals surface area contributed by atoms with E-state index in [1.54, 1.807) is 18.0 Å². The highest BCUT2D eigenvalue weighted by molar-refractivity contribution is 5.81. The van der Waals surface area contributed by atoms with Crippen molar-refractivity contribution in [2.45, 2.75) is 25.9 Å². The van der Waals surface area contributed by atoms with E-state index in [4.69, 9.17) is 10.2 Å². The van der Waals surface area contributed by atoms with E-state index in [9.17, 15) is 4.79 Å². The second-order valence-corrected chi connectivity index (χ2v) is 3.84. The number of carbonyl (C=O) groups excluding carboxylic acids is 1. The molecule has 0 aliphatic carbocycles. The molecular weight excluding hydrogens is 204 g/mol. The molecule has 1 aromatic rings. The monoisotopic (exact) mass is 222 g/mol. The molecule has 0 aliphatic heterocycles. The molecule has 0 spiro atoms. The molecule has 0 saturated carbocycles. The Morgan fingerprint density at radius 1 is 1.69 bits per heavy atom. The number of rotatable bonds is 5. The van der Waals surface area contributed by atoms with Gasteiger partial charge in [-0.25, -0.2) is 0 Å². The molecule has 1 amide bonds. The fraction of sp³-hybridized carbons (Fsp3) is 0.417. The van der Waals surface area contributed by atoms with E-state index in [0.717, 1.165) is 11.5 Å². The number of amides is 1. The average Bonchev–Trinajstić information content (AvgIpc) is 2.63. The van der Waals surface area contributed by atoms with Crippen LogP contribution in [0.3, 0.4) is 0 Å². The zero-order valence-electron chi connectivity index (χ0n) is 9.77. The van der Waals surface area contributed by atoms with Crippen LogP contribution in [0.4, 0.5) is 0 Å². The second-order valence-electron chi connectivity index (χ2n) is 3.84. The van der Waals surface area contributed by atoms with Crippen LogP contribution in [0.1, 0.15) is 17.9 Å². The molecule has 0 aromatic carbocycles. The maximum absolute atomic E-state index is 11.8. The van der Waals surface area contributed by atoms with Gasteiger partial charge in [-0.3, -0.25) is 4.79 Å². The highest BCUT2D eigenvalue weighted by Gasteiger charge is 2.17. The Labute approximate surface area is 95.7 Å². The van der Waals surface area contributed by atoms with E-state index in [1.807, 2.05) is 19.1 Å². The van der Waals surface area contributed by atoms with Crippen LogP contribution in [-0.4, -0.2) is 23.9 Å². The fourth-order valence-corrected chi connectivity index (χ4v) is 1.45. The zero-order chi connectivity index (χ0) is 12.1. The molecule has 0 fully saturated rings. The van der Waals surface area contributed by atoms with Gasteiger partial charge in [0.05, 0.1) is 12.6 Å². The molecule has 88 valence electrons. The molecule has 16 heavy (non-hydrogen) atoms. The lowest BCUT2D eigenvalue weighted by Gasteiger charge is -2.19. The first kappa shape index (κ1) is 12.5. The van der Waals surface area contributed by atoms with Crippen molar-refractivity contribution in [3.8, 4) is 0 Å². The molecule has 2 N–H and O–H groups in total. The van der Waals surface area contributed by atoms with Crippen LogP contribution in [0, 0.1) is 6.92 Å². The average molecular weight is 222 g/mol. The minimum Gasteiger partial charge on any atom is -0.464 e. The van der Waals surface area contributed by atoms with Crippen molar-refractivity contribution in [1.82, 2.24) is 4.90 Å². The minimum atomic E-state index is -0.515. The molecule has 4 heteroatoms. The molecular formula is C12H18N2O2. The van der Waals surface area contributed by atoms with Crippen LogP contribution in [0.25, 0.3) is 0 Å². The van der Waals surface area contributed by atoms with Crippen LogP contribution < -0.4 is 5.73 Å². The van der Waals surface area contributed by atoms with Gasteiger partial charge in [0.15, 0.2) is 0 Å². The first-order valence-electron chi connectivity index (χ1n) is 5.21. The quantitative estimate of drug-likeness (QED) is 0.767. The molecule has 0 saturated heterocycles. The summed E-state index contributed by atoms with van der Waals surface area (Å²) in [6, 6.07) is 3.22. The molecule has 1 aromatic heterocycles. The Balaban J connectivity index is 2.54. The number of hydrogen-bond donors (Lipinski definition) is 1. The molecule has 0 bridgehead atoms. The summed E-state index contributed by atoms with van der Waals surface area (Å²) in [6.45, 7) is 5.87. The highest BCUT2D eigenvalue weighted by Crippen LogP contribution is 2.09. The summed E-state index contributed by atoms with van der Waals surface area (Å²) < 4.78 is 5.39. The van der Waals surface area contributed by atoms with E-state index in [1.165, 1.54) is 0 Å². The third-order valence-electron chi connectivity index (χ3n) is 2.30. The van der Waals surface area contributed by atoms with Gasteiger partial charge < -0.3 is 15.1 Å². The maximum Gasteiger partial charge on any atom is 0.239 e. The van der Waals surface area contributed by atoms with E-state index in [0.29, 0.717) is 13.0 Å². The Morgan fingerprint density at radius 3 is 2.88 bits per heavy atom. The fourth-order valence-electron chi connectivity index (χ4n) is 1.45. The minimum absolute atomic E-state index is 0.103. The van der Waals surface area contributed by atoms with Gasteiger partial charge in [-0.15, -0.1) is 6.58 Å². The number of carbonyl (C=O) groups is 1. The molecule has 0 aliphatic rings. The van der Waals surface area contributed by atoms with Crippen molar-refractivity contribution >= 4 is 5.91 Å². The van der Waals surface area contributed by atoms with Crippen molar-refractivity contribution in [3.63, 3.8) is 0 Å². The topological polar surface area (TPSA) is 59.5 Å². The smallest absolute Gasteiger partial charge is 0.239 e. The summed E-state index contributed by atoms with van der Waals surface area (Å²) in [4.78, 5) is 13.3. The van der Waals surface area contributed by atoms with E-state index < -0.39 is 6.04 Å². The second kappa shape index (κ2) is 5.51. The molecule has 1 atom stereocenters. The van der Waals surface area contributed by atoms with Crippen molar-refractivity contribution < 1.29 is 9.21 Å². The number of nitrogens with two attached hydrogens (primary N) is 1. The van der Waals surface area contributed by atoms with Gasteiger partial charge in [0.2, 0.25) is 5.91 Å². The van der Waals surface area contributed by atoms with Crippen molar-refractivity contribution in [3.05, 3.63) is 36.3 Å². The number of aryl methyl sites for hydroxylation is 1. The SMILES string of the molecule is C=CCC(N)C(=O)N(C)Cc1ccc(C)o1. The normalized spacial score (nSPS) is 12.2. The first-order valence-corrected chi connectivity index (χ1v) is 5.21. The molecule has 4 nitrogen and oxygen atoms in total. The largest absolute Gasteiger partial charge is 0.464 e. The molecule has 1 heterocycles. The van der Waals surface area contributed by atoms with Gasteiger partial charge in [0, 0.05) is 7.05 Å². The lowest BCUT2D eigenvalue weighted by Crippen LogP contribution is -2.40. The third-order valence-corrected chi connectivity index (χ3v) is 2.30. The predicted molar refractivity (Wildman–Crippen MR) is 62.7 cm³/mol. The van der Waals surface area contributed by atoms with E-state index in [-0.39, 0.29) is 5.91 Å². The first-order chi connectivity index (χ1) is 7.54. The Bertz CT molecular complexity index is 371. The summed E-state index contributed by atoms with van der Waals surface area (Å²) in [5.74, 6) is 1.50. The molecule has 1 rings (SSSR count). The highest BCUT2D eigenvalue weighted by atomic mass is 16.3. The summed E-state index contributed by atoms with van der Waals surface area (Å²) in [5, 5.41) is 0. The predicted octanol–water partition coefficient (Wildman–Crippen LogP) is 1.45. The van der Waals surface area contributed by atoms with Crippen molar-refractivity contribution in [2.24, 2.45) is 5.73 Å². The molecule has 0 radical (unpaired) electrons. The summed E-state index contributed by atoms with van der Waals surface area (Å²) in [7, 11) is 1.71. The Hall–Kier alpha value is -1.55. The van der Waals surface area contributed by atoms with Crippen molar-refractivity contribution in [1.29, 1.82) is 0 Å². The number of hydrogen-bond acceptors (Lipinski definition) is 3. The molecule has 1 unspecified atom stereocenters. The van der Waals surface area contributed by atoms with Gasteiger partial charge >= 0.3 is 0 Å². The Kier molecular flexibility index (Phi) is 4.31. The summed E-state index contributed by atoms with van der Waals surface area (Å²) >= 11 is 0. The maximum atomic E-state index is 11.8. The van der Waals surface area contributed by atoms with Gasteiger partial charge in [-0.05, 0) is 25.5 Å². The van der Waals surface area contributed by atoms with E-state index >= 15 is 0 Å².